The van der Waals surface area contributed by atoms with Crippen LogP contribution in [0.2, 0.25) is 0 Å². The summed E-state index contributed by atoms with van der Waals surface area (Å²) in [4.78, 5) is 18.8. The molecule has 1 fully saturated rings. The van der Waals surface area contributed by atoms with E-state index in [1.807, 2.05) is 11.0 Å². The Morgan fingerprint density at radius 1 is 1.11 bits per heavy atom. The fraction of sp³-hybridized carbons (Fsp3) is 0.348. The van der Waals surface area contributed by atoms with Crippen LogP contribution in [0.3, 0.4) is 0 Å². The van der Waals surface area contributed by atoms with E-state index in [0.717, 1.165) is 24.9 Å². The van der Waals surface area contributed by atoms with Gasteiger partial charge in [0, 0.05) is 30.2 Å². The summed E-state index contributed by atoms with van der Waals surface area (Å²) in [7, 11) is 3.16. The average Bonchev–Trinajstić information content (AvgIpc) is 3.16. The summed E-state index contributed by atoms with van der Waals surface area (Å²) in [5.41, 5.74) is 4.10. The number of aromatic nitrogens is 1. The molecule has 28 heavy (non-hydrogen) atoms. The van der Waals surface area contributed by atoms with Crippen molar-refractivity contribution in [3.05, 3.63) is 59.3 Å². The maximum Gasteiger partial charge on any atom is 0.261 e. The van der Waals surface area contributed by atoms with E-state index in [0.29, 0.717) is 29.5 Å². The van der Waals surface area contributed by atoms with Crippen LogP contribution < -0.4 is 9.47 Å². The highest BCUT2D eigenvalue weighted by molar-refractivity contribution is 5.99. The summed E-state index contributed by atoms with van der Waals surface area (Å²) in [6.07, 6.45) is 2.04. The van der Waals surface area contributed by atoms with E-state index in [4.69, 9.17) is 9.47 Å². The van der Waals surface area contributed by atoms with Crippen molar-refractivity contribution < 1.29 is 14.3 Å². The molecule has 1 aliphatic heterocycles. The second-order valence-electron chi connectivity index (χ2n) is 7.44. The van der Waals surface area contributed by atoms with Gasteiger partial charge in [-0.3, -0.25) is 4.79 Å². The molecule has 0 spiro atoms. The van der Waals surface area contributed by atoms with E-state index >= 15 is 0 Å². The molecule has 1 aromatic heterocycles. The van der Waals surface area contributed by atoms with Crippen LogP contribution in [0.25, 0.3) is 10.9 Å². The lowest BCUT2D eigenvalue weighted by atomic mass is 9.94. The lowest BCUT2D eigenvalue weighted by Gasteiger charge is -2.33. The van der Waals surface area contributed by atoms with Gasteiger partial charge in [0.1, 0.15) is 17.1 Å². The van der Waals surface area contributed by atoms with Crippen LogP contribution in [-0.4, -0.2) is 43.1 Å². The predicted molar refractivity (Wildman–Crippen MR) is 110 cm³/mol. The summed E-state index contributed by atoms with van der Waals surface area (Å²) in [6.45, 7) is 3.54. The number of hydrogen-bond acceptors (Lipinski definition) is 3. The van der Waals surface area contributed by atoms with Crippen LogP contribution in [0.1, 0.15) is 40.4 Å². The average molecular weight is 378 g/mol. The Morgan fingerprint density at radius 2 is 1.86 bits per heavy atom. The number of methoxy groups -OCH3 is 2. The largest absolute Gasteiger partial charge is 0.496 e. The van der Waals surface area contributed by atoms with E-state index in [1.54, 1.807) is 26.4 Å². The molecule has 3 aromatic rings. The van der Waals surface area contributed by atoms with Crippen molar-refractivity contribution in [2.75, 3.05) is 27.3 Å². The van der Waals surface area contributed by atoms with E-state index in [9.17, 15) is 4.79 Å². The number of ether oxygens (including phenoxy) is 2. The van der Waals surface area contributed by atoms with Crippen molar-refractivity contribution in [3.8, 4) is 11.5 Å². The van der Waals surface area contributed by atoms with E-state index < -0.39 is 0 Å². The van der Waals surface area contributed by atoms with Gasteiger partial charge in [-0.1, -0.05) is 17.7 Å². The molecule has 0 bridgehead atoms. The monoisotopic (exact) mass is 378 g/mol. The van der Waals surface area contributed by atoms with Gasteiger partial charge in [-0.15, -0.1) is 0 Å². The van der Waals surface area contributed by atoms with Gasteiger partial charge in [0.2, 0.25) is 0 Å². The maximum atomic E-state index is 13.3. The molecule has 1 unspecified atom stereocenters. The SMILES string of the molecule is COc1cccc(OC)c1C(=O)N1CCCC(c2cc3cc(C)ccc3[nH]2)C1. The maximum absolute atomic E-state index is 13.3. The van der Waals surface area contributed by atoms with Gasteiger partial charge < -0.3 is 19.4 Å². The minimum Gasteiger partial charge on any atom is -0.496 e. The van der Waals surface area contributed by atoms with Gasteiger partial charge in [-0.05, 0) is 55.5 Å². The molecule has 5 nitrogen and oxygen atoms in total. The number of carbonyl (C=O) groups is 1. The summed E-state index contributed by atoms with van der Waals surface area (Å²) in [5.74, 6) is 1.36. The zero-order valence-corrected chi connectivity index (χ0v) is 16.6. The normalized spacial score (nSPS) is 17.0. The molecule has 1 saturated heterocycles. The summed E-state index contributed by atoms with van der Waals surface area (Å²) < 4.78 is 10.9. The molecule has 0 saturated carbocycles. The van der Waals surface area contributed by atoms with Crippen molar-refractivity contribution in [2.24, 2.45) is 0 Å². The van der Waals surface area contributed by atoms with Gasteiger partial charge in [-0.2, -0.15) is 0 Å². The molecule has 146 valence electrons. The Bertz CT molecular complexity index is 986. The van der Waals surface area contributed by atoms with Gasteiger partial charge in [0.15, 0.2) is 0 Å². The first kappa shape index (κ1) is 18.4. The van der Waals surface area contributed by atoms with Crippen LogP contribution in [0.15, 0.2) is 42.5 Å². The number of aryl methyl sites for hydroxylation is 1. The van der Waals surface area contributed by atoms with Crippen LogP contribution in [0.4, 0.5) is 0 Å². The first-order valence-corrected chi connectivity index (χ1v) is 9.70. The second kappa shape index (κ2) is 7.58. The molecule has 0 radical (unpaired) electrons. The molecular weight excluding hydrogens is 352 g/mol. The topological polar surface area (TPSA) is 54.6 Å². The first-order chi connectivity index (χ1) is 13.6. The summed E-state index contributed by atoms with van der Waals surface area (Å²) in [6, 6.07) is 14.1. The molecule has 1 aliphatic rings. The van der Waals surface area contributed by atoms with Gasteiger partial charge in [0.05, 0.1) is 14.2 Å². The molecule has 4 rings (SSSR count). The number of rotatable bonds is 4. The number of fused-ring (bicyclic) bond motifs is 1. The fourth-order valence-electron chi connectivity index (χ4n) is 4.13. The number of likely N-dealkylation sites (tertiary alicyclic amines) is 1. The Balaban J connectivity index is 1.61. The second-order valence-corrected chi connectivity index (χ2v) is 7.44. The highest BCUT2D eigenvalue weighted by Crippen LogP contribution is 2.33. The zero-order valence-electron chi connectivity index (χ0n) is 16.6. The van der Waals surface area contributed by atoms with E-state index in [-0.39, 0.29) is 5.91 Å². The van der Waals surface area contributed by atoms with Crippen molar-refractivity contribution in [1.82, 2.24) is 9.88 Å². The lowest BCUT2D eigenvalue weighted by molar-refractivity contribution is 0.0699. The number of hydrogen-bond donors (Lipinski definition) is 1. The zero-order chi connectivity index (χ0) is 19.7. The van der Waals surface area contributed by atoms with Crippen molar-refractivity contribution >= 4 is 16.8 Å². The molecule has 5 heteroatoms. The summed E-state index contributed by atoms with van der Waals surface area (Å²) in [5, 5.41) is 1.23. The minimum absolute atomic E-state index is 0.0362. The third kappa shape index (κ3) is 3.33. The fourth-order valence-corrected chi connectivity index (χ4v) is 4.13. The molecule has 2 aromatic carbocycles. The highest BCUT2D eigenvalue weighted by atomic mass is 16.5. The number of nitrogens with one attached hydrogen (secondary N) is 1. The quantitative estimate of drug-likeness (QED) is 0.727. The molecule has 2 heterocycles. The number of benzene rings is 2. The number of piperidine rings is 1. The Morgan fingerprint density at radius 3 is 2.57 bits per heavy atom. The number of aromatic amines is 1. The highest BCUT2D eigenvalue weighted by Gasteiger charge is 2.29. The molecule has 1 amide bonds. The van der Waals surface area contributed by atoms with Gasteiger partial charge in [0.25, 0.3) is 5.91 Å². The molecule has 0 aliphatic carbocycles. The number of nitrogens with zero attached hydrogens (tertiary/aromatic N) is 1. The molecular formula is C23H26N2O3. The first-order valence-electron chi connectivity index (χ1n) is 9.70. The lowest BCUT2D eigenvalue weighted by Crippen LogP contribution is -2.39. The predicted octanol–water partition coefficient (Wildman–Crippen LogP) is 4.51. The third-order valence-electron chi connectivity index (χ3n) is 5.59. The van der Waals surface area contributed by atoms with Gasteiger partial charge >= 0.3 is 0 Å². The minimum atomic E-state index is -0.0362. The number of amides is 1. The van der Waals surface area contributed by atoms with Crippen molar-refractivity contribution in [2.45, 2.75) is 25.7 Å². The Kier molecular flexibility index (Phi) is 4.99. The van der Waals surface area contributed by atoms with E-state index in [1.165, 1.54) is 16.6 Å². The van der Waals surface area contributed by atoms with Crippen LogP contribution in [-0.2, 0) is 0 Å². The van der Waals surface area contributed by atoms with Crippen LogP contribution >= 0.6 is 0 Å². The third-order valence-corrected chi connectivity index (χ3v) is 5.59. The molecule has 1 N–H and O–H groups in total. The van der Waals surface area contributed by atoms with Gasteiger partial charge in [-0.25, -0.2) is 0 Å². The van der Waals surface area contributed by atoms with E-state index in [2.05, 4.69) is 36.2 Å². The van der Waals surface area contributed by atoms with Crippen molar-refractivity contribution in [1.29, 1.82) is 0 Å². The smallest absolute Gasteiger partial charge is 0.261 e. The summed E-state index contributed by atoms with van der Waals surface area (Å²) >= 11 is 0. The number of carbonyl (C=O) groups excluding carboxylic acids is 1. The Hall–Kier alpha value is -2.95. The Labute approximate surface area is 165 Å². The van der Waals surface area contributed by atoms with Crippen LogP contribution in [0.5, 0.6) is 11.5 Å². The van der Waals surface area contributed by atoms with Crippen molar-refractivity contribution in [3.63, 3.8) is 0 Å². The van der Waals surface area contributed by atoms with Crippen LogP contribution in [0, 0.1) is 6.92 Å². The molecule has 1 atom stereocenters. The number of H-pyrrole nitrogens is 1. The standard InChI is InChI=1S/C23H26N2O3/c1-15-9-10-18-17(12-15)13-19(24-18)16-6-5-11-25(14-16)23(26)22-20(27-2)7-4-8-21(22)28-3/h4,7-10,12-13,16,24H,5-6,11,14H2,1-3H3.